The van der Waals surface area contributed by atoms with Crippen LogP contribution in [0.25, 0.3) is 0 Å². The predicted molar refractivity (Wildman–Crippen MR) is 51.1 cm³/mol. The van der Waals surface area contributed by atoms with E-state index in [1.165, 1.54) is 12.8 Å². The minimum atomic E-state index is 0.341. The molecule has 4 atom stereocenters. The first-order chi connectivity index (χ1) is 6.36. The van der Waals surface area contributed by atoms with Gasteiger partial charge in [-0.15, -0.1) is 0 Å². The molecule has 13 heavy (non-hydrogen) atoms. The first kappa shape index (κ1) is 7.54. The second kappa shape index (κ2) is 2.57. The fraction of sp³-hybridized carbons (Fsp3) is 0.583. The van der Waals surface area contributed by atoms with Gasteiger partial charge >= 0.3 is 0 Å². The quantitative estimate of drug-likeness (QED) is 0.515. The molecule has 0 amide bonds. The van der Waals surface area contributed by atoms with Gasteiger partial charge in [0.1, 0.15) is 0 Å². The molecule has 1 nitrogen and oxygen atoms in total. The van der Waals surface area contributed by atoms with Gasteiger partial charge in [0.25, 0.3) is 0 Å². The van der Waals surface area contributed by atoms with Gasteiger partial charge in [-0.25, -0.2) is 0 Å². The molecule has 4 aliphatic carbocycles. The van der Waals surface area contributed by atoms with E-state index in [2.05, 4.69) is 18.2 Å². The van der Waals surface area contributed by atoms with Gasteiger partial charge in [-0.3, -0.25) is 4.79 Å². The number of hydrogen-bond donors (Lipinski definition) is 0. The molecule has 0 aromatic heterocycles. The molecule has 1 heteroatoms. The van der Waals surface area contributed by atoms with E-state index < -0.39 is 0 Å². The average molecular weight is 174 g/mol. The molecule has 0 N–H and O–H groups in total. The van der Waals surface area contributed by atoms with Crippen LogP contribution in [0.15, 0.2) is 24.3 Å². The summed E-state index contributed by atoms with van der Waals surface area (Å²) in [4.78, 5) is 11.7. The van der Waals surface area contributed by atoms with E-state index >= 15 is 0 Å². The summed E-state index contributed by atoms with van der Waals surface area (Å²) in [5, 5.41) is 0. The van der Waals surface area contributed by atoms with E-state index in [1.807, 2.05) is 0 Å². The first-order valence-corrected chi connectivity index (χ1v) is 5.25. The minimum Gasteiger partial charge on any atom is -0.295 e. The highest BCUT2D eigenvalue weighted by Gasteiger charge is 2.43. The predicted octanol–water partition coefficient (Wildman–Crippen LogP) is 2.34. The normalized spacial score (nSPS) is 46.6. The van der Waals surface area contributed by atoms with Crippen LogP contribution in [0.5, 0.6) is 0 Å². The lowest BCUT2D eigenvalue weighted by Crippen LogP contribution is -2.42. The molecule has 0 heterocycles. The van der Waals surface area contributed by atoms with Gasteiger partial charge in [0.15, 0.2) is 5.78 Å². The molecule has 0 saturated heterocycles. The Labute approximate surface area is 78.5 Å². The summed E-state index contributed by atoms with van der Waals surface area (Å²) in [6.45, 7) is 0. The van der Waals surface area contributed by atoms with Crippen molar-refractivity contribution in [3.8, 4) is 0 Å². The van der Waals surface area contributed by atoms with Gasteiger partial charge in [0.2, 0.25) is 0 Å². The number of carbonyl (C=O) groups is 1. The molecule has 2 bridgehead atoms. The van der Waals surface area contributed by atoms with Crippen LogP contribution in [0.2, 0.25) is 0 Å². The number of ketones is 1. The fourth-order valence-corrected chi connectivity index (χ4v) is 3.30. The second-order valence-corrected chi connectivity index (χ2v) is 4.52. The second-order valence-electron chi connectivity index (χ2n) is 4.52. The summed E-state index contributed by atoms with van der Waals surface area (Å²) in [5.74, 6) is 2.63. The van der Waals surface area contributed by atoms with Crippen molar-refractivity contribution in [2.75, 3.05) is 0 Å². The molecular weight excluding hydrogens is 160 g/mol. The molecule has 68 valence electrons. The molecule has 0 aromatic carbocycles. The maximum absolute atomic E-state index is 11.7. The third-order valence-corrected chi connectivity index (χ3v) is 3.93. The molecule has 0 spiro atoms. The first-order valence-electron chi connectivity index (χ1n) is 5.25. The highest BCUT2D eigenvalue weighted by molar-refractivity contribution is 5.93. The number of hydrogen-bond acceptors (Lipinski definition) is 1. The van der Waals surface area contributed by atoms with Crippen molar-refractivity contribution in [1.82, 2.24) is 0 Å². The number of carbonyl (C=O) groups excluding carboxylic acids is 1. The van der Waals surface area contributed by atoms with Crippen LogP contribution >= 0.6 is 0 Å². The maximum Gasteiger partial charge on any atom is 0.159 e. The van der Waals surface area contributed by atoms with E-state index in [9.17, 15) is 4.79 Å². The van der Waals surface area contributed by atoms with Crippen LogP contribution in [-0.2, 0) is 4.79 Å². The van der Waals surface area contributed by atoms with Crippen molar-refractivity contribution < 1.29 is 4.79 Å². The minimum absolute atomic E-state index is 0.341. The Balaban J connectivity index is 2.02. The van der Waals surface area contributed by atoms with Gasteiger partial charge in [-0.1, -0.05) is 18.2 Å². The monoisotopic (exact) mass is 174 g/mol. The summed E-state index contributed by atoms with van der Waals surface area (Å²) in [5.41, 5.74) is 0. The Morgan fingerprint density at radius 2 is 1.92 bits per heavy atom. The van der Waals surface area contributed by atoms with Crippen molar-refractivity contribution >= 4 is 5.78 Å². The Morgan fingerprint density at radius 1 is 1.15 bits per heavy atom. The van der Waals surface area contributed by atoms with Crippen LogP contribution in [0.3, 0.4) is 0 Å². The van der Waals surface area contributed by atoms with Gasteiger partial charge in [0.05, 0.1) is 0 Å². The lowest BCUT2D eigenvalue weighted by Gasteiger charge is -2.45. The summed E-state index contributed by atoms with van der Waals surface area (Å²) in [6.07, 6.45) is 12.2. The van der Waals surface area contributed by atoms with Gasteiger partial charge in [-0.2, -0.15) is 0 Å². The van der Waals surface area contributed by atoms with E-state index in [0.717, 1.165) is 6.42 Å². The highest BCUT2D eigenvalue weighted by Crippen LogP contribution is 2.48. The van der Waals surface area contributed by atoms with Crippen molar-refractivity contribution in [3.05, 3.63) is 24.3 Å². The third-order valence-electron chi connectivity index (χ3n) is 3.93. The van der Waals surface area contributed by atoms with Gasteiger partial charge in [-0.05, 0) is 43.1 Å². The zero-order valence-corrected chi connectivity index (χ0v) is 7.65. The largest absolute Gasteiger partial charge is 0.295 e. The number of rotatable bonds is 0. The zero-order chi connectivity index (χ0) is 8.84. The van der Waals surface area contributed by atoms with Crippen molar-refractivity contribution in [1.29, 1.82) is 0 Å². The van der Waals surface area contributed by atoms with E-state index in [4.69, 9.17) is 0 Å². The standard InChI is InChI=1S/C12H14O/c13-11-3-1-2-10-8-4-6-9(7-5-8)12(10)11/h1,3-4,6,8-10,12H,2,5,7H2/t8-,9+,10-,12-/m1/s1. The Kier molecular flexibility index (Phi) is 1.49. The molecule has 0 aliphatic heterocycles. The van der Waals surface area contributed by atoms with Crippen LogP contribution in [-0.4, -0.2) is 5.78 Å². The van der Waals surface area contributed by atoms with Crippen LogP contribution in [0.1, 0.15) is 19.3 Å². The number of fused-ring (bicyclic) bond motifs is 1. The molecule has 1 saturated carbocycles. The Hall–Kier alpha value is -0.850. The SMILES string of the molecule is O=C1C=CC[C@H]2[C@H]1[C@H]1C=C[C@@H]2CC1. The van der Waals surface area contributed by atoms with Crippen LogP contribution in [0.4, 0.5) is 0 Å². The van der Waals surface area contributed by atoms with Gasteiger partial charge < -0.3 is 0 Å². The van der Waals surface area contributed by atoms with E-state index in [1.54, 1.807) is 6.08 Å². The maximum atomic E-state index is 11.7. The number of allylic oxidation sites excluding steroid dienone is 4. The zero-order valence-electron chi connectivity index (χ0n) is 7.65. The molecular formula is C12H14O. The van der Waals surface area contributed by atoms with Crippen molar-refractivity contribution in [3.63, 3.8) is 0 Å². The van der Waals surface area contributed by atoms with Crippen molar-refractivity contribution in [2.45, 2.75) is 19.3 Å². The lowest BCUT2D eigenvalue weighted by atomic mass is 9.59. The lowest BCUT2D eigenvalue weighted by molar-refractivity contribution is -0.124. The van der Waals surface area contributed by atoms with Crippen LogP contribution < -0.4 is 0 Å². The summed E-state index contributed by atoms with van der Waals surface area (Å²) >= 11 is 0. The molecule has 0 aromatic rings. The summed E-state index contributed by atoms with van der Waals surface area (Å²) < 4.78 is 0. The summed E-state index contributed by atoms with van der Waals surface area (Å²) in [7, 11) is 0. The molecule has 1 fully saturated rings. The summed E-state index contributed by atoms with van der Waals surface area (Å²) in [6, 6.07) is 0. The van der Waals surface area contributed by atoms with E-state index in [0.29, 0.717) is 29.5 Å². The average Bonchev–Trinajstić information content (AvgIpc) is 2.20. The third kappa shape index (κ3) is 0.962. The Morgan fingerprint density at radius 3 is 2.62 bits per heavy atom. The molecule has 4 rings (SSSR count). The van der Waals surface area contributed by atoms with E-state index in [-0.39, 0.29) is 0 Å². The topological polar surface area (TPSA) is 17.1 Å². The smallest absolute Gasteiger partial charge is 0.159 e. The highest BCUT2D eigenvalue weighted by atomic mass is 16.1. The van der Waals surface area contributed by atoms with Gasteiger partial charge in [0, 0.05) is 5.92 Å². The molecule has 4 aliphatic rings. The fourth-order valence-electron chi connectivity index (χ4n) is 3.30. The van der Waals surface area contributed by atoms with Crippen LogP contribution in [0, 0.1) is 23.7 Å². The Bertz CT molecular complexity index is 300. The van der Waals surface area contributed by atoms with Crippen molar-refractivity contribution in [2.24, 2.45) is 23.7 Å². The molecule has 0 radical (unpaired) electrons. The molecule has 0 unspecified atom stereocenters.